The molecule has 0 unspecified atom stereocenters. The summed E-state index contributed by atoms with van der Waals surface area (Å²) in [6.45, 7) is 13.1. The number of hydrogen-bond donors (Lipinski definition) is 2. The van der Waals surface area contributed by atoms with Crippen LogP contribution in [0.1, 0.15) is 43.0 Å². The number of hydrogen-bond acceptors (Lipinski definition) is 4. The van der Waals surface area contributed by atoms with Crippen LogP contribution in [-0.4, -0.2) is 45.2 Å². The van der Waals surface area contributed by atoms with Crippen LogP contribution in [0.3, 0.4) is 0 Å². The highest BCUT2D eigenvalue weighted by Gasteiger charge is 2.11. The maximum atomic E-state index is 11.8. The van der Waals surface area contributed by atoms with Crippen molar-refractivity contribution in [3.63, 3.8) is 0 Å². The summed E-state index contributed by atoms with van der Waals surface area (Å²) < 4.78 is 23.6. The van der Waals surface area contributed by atoms with E-state index in [1.54, 1.807) is 6.07 Å². The van der Waals surface area contributed by atoms with Crippen LogP contribution in [0.15, 0.2) is 52.4 Å². The van der Waals surface area contributed by atoms with E-state index in [2.05, 4.69) is 58.6 Å². The Morgan fingerprint density at radius 2 is 1.68 bits per heavy atom. The van der Waals surface area contributed by atoms with E-state index >= 15 is 0 Å². The fourth-order valence-electron chi connectivity index (χ4n) is 3.49. The van der Waals surface area contributed by atoms with Gasteiger partial charge in [-0.2, -0.15) is 0 Å². The molecule has 2 aromatic carbocycles. The van der Waals surface area contributed by atoms with Gasteiger partial charge in [0.25, 0.3) is 0 Å². The SMILES string of the molecule is CCNC(=NCc1ccc(S(C)(=O)=O)c(C)c1)NCc1ccccc1CN(CC)CC. The van der Waals surface area contributed by atoms with E-state index < -0.39 is 9.84 Å². The van der Waals surface area contributed by atoms with E-state index in [0.717, 1.165) is 43.3 Å². The maximum absolute atomic E-state index is 11.8. The third-order valence-electron chi connectivity index (χ3n) is 5.26. The average molecular weight is 445 g/mol. The summed E-state index contributed by atoms with van der Waals surface area (Å²) in [6.07, 6.45) is 1.23. The van der Waals surface area contributed by atoms with Gasteiger partial charge in [-0.3, -0.25) is 4.90 Å². The van der Waals surface area contributed by atoms with Crippen LogP contribution in [0.25, 0.3) is 0 Å². The van der Waals surface area contributed by atoms with Crippen molar-refractivity contribution in [1.82, 2.24) is 15.5 Å². The van der Waals surface area contributed by atoms with Gasteiger partial charge in [-0.15, -0.1) is 0 Å². The van der Waals surface area contributed by atoms with Crippen LogP contribution in [0.2, 0.25) is 0 Å². The molecule has 0 saturated heterocycles. The topological polar surface area (TPSA) is 73.8 Å². The first-order valence-electron chi connectivity index (χ1n) is 10.9. The second kappa shape index (κ2) is 11.9. The second-order valence-electron chi connectivity index (χ2n) is 7.65. The molecule has 0 aliphatic rings. The van der Waals surface area contributed by atoms with E-state index in [9.17, 15) is 8.42 Å². The largest absolute Gasteiger partial charge is 0.357 e. The maximum Gasteiger partial charge on any atom is 0.191 e. The summed E-state index contributed by atoms with van der Waals surface area (Å²) in [5.41, 5.74) is 4.30. The molecule has 7 heteroatoms. The molecule has 0 aromatic heterocycles. The van der Waals surface area contributed by atoms with Gasteiger partial charge >= 0.3 is 0 Å². The Labute approximate surface area is 187 Å². The van der Waals surface area contributed by atoms with Crippen molar-refractivity contribution in [1.29, 1.82) is 0 Å². The molecule has 0 aliphatic carbocycles. The molecule has 0 saturated carbocycles. The van der Waals surface area contributed by atoms with E-state index in [0.29, 0.717) is 18.0 Å². The Morgan fingerprint density at radius 1 is 1.00 bits per heavy atom. The molecule has 31 heavy (non-hydrogen) atoms. The number of benzene rings is 2. The first-order valence-corrected chi connectivity index (χ1v) is 12.8. The van der Waals surface area contributed by atoms with Gasteiger partial charge in [-0.1, -0.05) is 50.2 Å². The van der Waals surface area contributed by atoms with Crippen LogP contribution in [-0.2, 0) is 29.5 Å². The summed E-state index contributed by atoms with van der Waals surface area (Å²) in [7, 11) is -3.21. The van der Waals surface area contributed by atoms with Crippen molar-refractivity contribution in [2.24, 2.45) is 4.99 Å². The summed E-state index contributed by atoms with van der Waals surface area (Å²) in [4.78, 5) is 7.46. The highest BCUT2D eigenvalue weighted by atomic mass is 32.2. The highest BCUT2D eigenvalue weighted by molar-refractivity contribution is 7.90. The van der Waals surface area contributed by atoms with Gasteiger partial charge in [0.05, 0.1) is 11.4 Å². The lowest BCUT2D eigenvalue weighted by Gasteiger charge is -2.20. The van der Waals surface area contributed by atoms with E-state index in [-0.39, 0.29) is 0 Å². The lowest BCUT2D eigenvalue weighted by molar-refractivity contribution is 0.295. The van der Waals surface area contributed by atoms with Gasteiger partial charge in [0.15, 0.2) is 15.8 Å². The van der Waals surface area contributed by atoms with Crippen LogP contribution in [0.4, 0.5) is 0 Å². The Kier molecular flexibility index (Phi) is 9.52. The number of aliphatic imine (C=N–C) groups is 1. The normalized spacial score (nSPS) is 12.3. The minimum atomic E-state index is -3.21. The van der Waals surface area contributed by atoms with Gasteiger partial charge in [-0.05, 0) is 55.3 Å². The number of nitrogens with one attached hydrogen (secondary N) is 2. The van der Waals surface area contributed by atoms with Crippen LogP contribution in [0, 0.1) is 6.92 Å². The van der Waals surface area contributed by atoms with Gasteiger partial charge in [0.2, 0.25) is 0 Å². The Balaban J connectivity index is 2.10. The van der Waals surface area contributed by atoms with Gasteiger partial charge in [-0.25, -0.2) is 13.4 Å². The summed E-state index contributed by atoms with van der Waals surface area (Å²) >= 11 is 0. The molecule has 0 fully saturated rings. The van der Waals surface area contributed by atoms with Gasteiger partial charge in [0, 0.05) is 25.9 Å². The first-order chi connectivity index (χ1) is 14.8. The molecule has 2 N–H and O–H groups in total. The summed E-state index contributed by atoms with van der Waals surface area (Å²) in [5.74, 6) is 0.741. The molecule has 0 atom stereocenters. The van der Waals surface area contributed by atoms with Crippen LogP contribution >= 0.6 is 0 Å². The molecule has 2 rings (SSSR count). The average Bonchev–Trinajstić information content (AvgIpc) is 2.73. The smallest absolute Gasteiger partial charge is 0.191 e. The number of sulfone groups is 1. The molecule has 0 amide bonds. The van der Waals surface area contributed by atoms with E-state index in [1.165, 1.54) is 17.4 Å². The quantitative estimate of drug-likeness (QED) is 0.433. The third kappa shape index (κ3) is 7.67. The van der Waals surface area contributed by atoms with Crippen molar-refractivity contribution in [2.45, 2.75) is 52.2 Å². The van der Waals surface area contributed by atoms with E-state index in [4.69, 9.17) is 0 Å². The zero-order chi connectivity index (χ0) is 22.9. The highest BCUT2D eigenvalue weighted by Crippen LogP contribution is 2.17. The van der Waals surface area contributed by atoms with Crippen molar-refractivity contribution in [3.05, 3.63) is 64.7 Å². The van der Waals surface area contributed by atoms with Crippen molar-refractivity contribution in [3.8, 4) is 0 Å². The molecule has 0 bridgehead atoms. The Morgan fingerprint density at radius 3 is 2.26 bits per heavy atom. The number of nitrogens with zero attached hydrogens (tertiary/aromatic N) is 2. The molecule has 2 aromatic rings. The standard InChI is InChI=1S/C24H36N4O2S/c1-6-25-24(26-16-20-13-14-23(19(4)15-20)31(5,29)30)27-17-21-11-9-10-12-22(21)18-28(7-2)8-3/h9-15H,6-8,16-18H2,1-5H3,(H2,25,26,27). The Hall–Kier alpha value is -2.38. The van der Waals surface area contributed by atoms with Crippen molar-refractivity contribution >= 4 is 15.8 Å². The summed E-state index contributed by atoms with van der Waals surface area (Å²) in [6, 6.07) is 13.9. The Bertz CT molecular complexity index is 983. The fraction of sp³-hybridized carbons (Fsp3) is 0.458. The zero-order valence-corrected chi connectivity index (χ0v) is 20.2. The molecule has 6 nitrogen and oxygen atoms in total. The third-order valence-corrected chi connectivity index (χ3v) is 6.51. The summed E-state index contributed by atoms with van der Waals surface area (Å²) in [5, 5.41) is 6.72. The molecular weight excluding hydrogens is 408 g/mol. The van der Waals surface area contributed by atoms with Crippen LogP contribution < -0.4 is 10.6 Å². The van der Waals surface area contributed by atoms with Crippen molar-refractivity contribution < 1.29 is 8.42 Å². The molecule has 0 radical (unpaired) electrons. The lowest BCUT2D eigenvalue weighted by atomic mass is 10.1. The molecular formula is C24H36N4O2S. The predicted molar refractivity (Wildman–Crippen MR) is 129 cm³/mol. The van der Waals surface area contributed by atoms with Gasteiger partial charge in [0.1, 0.15) is 0 Å². The monoisotopic (exact) mass is 444 g/mol. The second-order valence-corrected chi connectivity index (χ2v) is 9.63. The number of aryl methyl sites for hydroxylation is 1. The number of guanidine groups is 1. The van der Waals surface area contributed by atoms with Gasteiger partial charge < -0.3 is 10.6 Å². The number of rotatable bonds is 10. The van der Waals surface area contributed by atoms with Crippen molar-refractivity contribution in [2.75, 3.05) is 25.9 Å². The molecule has 170 valence electrons. The van der Waals surface area contributed by atoms with Crippen LogP contribution in [0.5, 0.6) is 0 Å². The fourth-order valence-corrected chi connectivity index (χ4v) is 4.45. The molecule has 0 aliphatic heterocycles. The molecule has 0 spiro atoms. The minimum absolute atomic E-state index is 0.370. The zero-order valence-electron chi connectivity index (χ0n) is 19.4. The first kappa shape index (κ1) is 24.9. The molecule has 0 heterocycles. The lowest BCUT2D eigenvalue weighted by Crippen LogP contribution is -2.37. The predicted octanol–water partition coefficient (Wildman–Crippen LogP) is 3.50. The van der Waals surface area contributed by atoms with E-state index in [1.807, 2.05) is 26.0 Å². The minimum Gasteiger partial charge on any atom is -0.357 e.